The first-order valence-electron chi connectivity index (χ1n) is 10.5. The van der Waals surface area contributed by atoms with E-state index in [1.165, 1.54) is 16.8 Å². The summed E-state index contributed by atoms with van der Waals surface area (Å²) < 4.78 is 30.7. The van der Waals surface area contributed by atoms with Gasteiger partial charge in [-0.3, -0.25) is 14.1 Å². The molecule has 0 saturated carbocycles. The molecule has 0 unspecified atom stereocenters. The van der Waals surface area contributed by atoms with Crippen LogP contribution in [0.4, 0.5) is 11.4 Å². The molecule has 2 N–H and O–H groups in total. The van der Waals surface area contributed by atoms with E-state index in [4.69, 9.17) is 0 Å². The third kappa shape index (κ3) is 4.75. The number of hydrogen-bond acceptors (Lipinski definition) is 5. The fourth-order valence-electron chi connectivity index (χ4n) is 3.68. The number of rotatable bonds is 6. The maximum atomic E-state index is 12.6. The zero-order chi connectivity index (χ0) is 22.7. The summed E-state index contributed by atoms with van der Waals surface area (Å²) >= 11 is 0. The number of nitrogens with zero attached hydrogens (tertiary/aromatic N) is 3. The van der Waals surface area contributed by atoms with Crippen LogP contribution >= 0.6 is 0 Å². The molecule has 0 bridgehead atoms. The molecular formula is C22H25N5O4S. The highest BCUT2D eigenvalue weighted by molar-refractivity contribution is 7.92. The van der Waals surface area contributed by atoms with E-state index in [9.17, 15) is 18.0 Å². The Kier molecular flexibility index (Phi) is 6.13. The molecule has 0 fully saturated rings. The molecule has 1 aliphatic heterocycles. The van der Waals surface area contributed by atoms with E-state index in [1.54, 1.807) is 47.9 Å². The number of benzene rings is 2. The Morgan fingerprint density at radius 3 is 2.66 bits per heavy atom. The third-order valence-electron chi connectivity index (χ3n) is 5.39. The van der Waals surface area contributed by atoms with Gasteiger partial charge in [0.2, 0.25) is 5.91 Å². The van der Waals surface area contributed by atoms with Crippen molar-refractivity contribution in [3.63, 3.8) is 0 Å². The van der Waals surface area contributed by atoms with Gasteiger partial charge in [-0.1, -0.05) is 30.7 Å². The topological polar surface area (TPSA) is 115 Å². The van der Waals surface area contributed by atoms with Crippen LogP contribution in [0.5, 0.6) is 0 Å². The summed E-state index contributed by atoms with van der Waals surface area (Å²) in [7, 11) is -3.76. The molecule has 1 aliphatic rings. The van der Waals surface area contributed by atoms with Gasteiger partial charge in [0.15, 0.2) is 0 Å². The number of anilines is 2. The molecule has 10 heteroatoms. The lowest BCUT2D eigenvalue weighted by Crippen LogP contribution is -2.30. The third-order valence-corrected chi connectivity index (χ3v) is 6.78. The molecule has 3 aromatic rings. The van der Waals surface area contributed by atoms with E-state index in [0.29, 0.717) is 29.3 Å². The Bertz CT molecular complexity index is 1300. The molecular weight excluding hydrogens is 430 g/mol. The average molecular weight is 456 g/mol. The Labute approximate surface area is 186 Å². The summed E-state index contributed by atoms with van der Waals surface area (Å²) in [5.74, 6) is 0.300. The van der Waals surface area contributed by atoms with Gasteiger partial charge in [0.05, 0.1) is 10.6 Å². The molecule has 0 aliphatic carbocycles. The van der Waals surface area contributed by atoms with Gasteiger partial charge in [-0.2, -0.15) is 5.10 Å². The summed E-state index contributed by atoms with van der Waals surface area (Å²) in [4.78, 5) is 25.3. The molecule has 0 atom stereocenters. The van der Waals surface area contributed by atoms with Crippen LogP contribution in [0.3, 0.4) is 0 Å². The van der Waals surface area contributed by atoms with Crippen molar-refractivity contribution >= 4 is 27.3 Å². The molecule has 1 amide bonds. The number of aromatic nitrogens is 3. The zero-order valence-electron chi connectivity index (χ0n) is 17.7. The number of carbonyl (C=O) groups excluding carboxylic acids is 1. The van der Waals surface area contributed by atoms with E-state index in [2.05, 4.69) is 15.1 Å². The normalized spacial score (nSPS) is 13.8. The van der Waals surface area contributed by atoms with Crippen LogP contribution in [0.2, 0.25) is 0 Å². The quantitative estimate of drug-likeness (QED) is 0.593. The lowest BCUT2D eigenvalue weighted by molar-refractivity contribution is -0.117. The highest BCUT2D eigenvalue weighted by Gasteiger charge is 2.18. The molecule has 9 nitrogen and oxygen atoms in total. The van der Waals surface area contributed by atoms with E-state index >= 15 is 0 Å². The van der Waals surface area contributed by atoms with Gasteiger partial charge in [-0.15, -0.1) is 0 Å². The fraction of sp³-hybridized carbons (Fsp3) is 0.318. The number of hydrogen-bond donors (Lipinski definition) is 2. The van der Waals surface area contributed by atoms with Crippen molar-refractivity contribution in [1.82, 2.24) is 14.3 Å². The summed E-state index contributed by atoms with van der Waals surface area (Å²) in [6.45, 7) is 2.18. The lowest BCUT2D eigenvalue weighted by Gasteiger charge is -2.13. The smallest absolute Gasteiger partial charge is 0.324 e. The van der Waals surface area contributed by atoms with Crippen LogP contribution in [0.1, 0.15) is 30.7 Å². The van der Waals surface area contributed by atoms with Crippen molar-refractivity contribution in [1.29, 1.82) is 0 Å². The number of amides is 1. The number of fused-ring (bicyclic) bond motifs is 1. The van der Waals surface area contributed by atoms with Gasteiger partial charge in [0.1, 0.15) is 12.4 Å². The van der Waals surface area contributed by atoms with Crippen molar-refractivity contribution in [2.75, 3.05) is 10.0 Å². The van der Waals surface area contributed by atoms with Crippen LogP contribution in [-0.2, 0) is 34.3 Å². The molecule has 32 heavy (non-hydrogen) atoms. The van der Waals surface area contributed by atoms with Crippen LogP contribution in [-0.4, -0.2) is 28.7 Å². The van der Waals surface area contributed by atoms with Crippen molar-refractivity contribution in [2.45, 2.75) is 50.6 Å². The summed E-state index contributed by atoms with van der Waals surface area (Å²) in [6.07, 6.45) is 3.70. The van der Waals surface area contributed by atoms with Crippen LogP contribution in [0.25, 0.3) is 0 Å². The van der Waals surface area contributed by atoms with Crippen LogP contribution in [0, 0.1) is 6.92 Å². The molecule has 2 aromatic carbocycles. The highest BCUT2D eigenvalue weighted by Crippen LogP contribution is 2.23. The minimum Gasteiger partial charge on any atom is -0.324 e. The minimum atomic E-state index is -3.76. The first-order valence-corrected chi connectivity index (χ1v) is 12.0. The Morgan fingerprint density at radius 2 is 1.88 bits per heavy atom. The van der Waals surface area contributed by atoms with Crippen LogP contribution < -0.4 is 15.7 Å². The first kappa shape index (κ1) is 21.8. The molecule has 2 heterocycles. The maximum Gasteiger partial charge on any atom is 0.346 e. The Hall–Kier alpha value is -3.40. The lowest BCUT2D eigenvalue weighted by atomic mass is 10.2. The van der Waals surface area contributed by atoms with Gasteiger partial charge in [0.25, 0.3) is 10.0 Å². The second-order valence-electron chi connectivity index (χ2n) is 7.82. The SMILES string of the molecule is Cc1ccc(NC(=O)Cn2nc3n(c2=O)CCCCC3)cc1NS(=O)(=O)c1ccccc1. The minimum absolute atomic E-state index is 0.146. The second-order valence-corrected chi connectivity index (χ2v) is 9.50. The van der Waals surface area contributed by atoms with Gasteiger partial charge in [0, 0.05) is 18.7 Å². The first-order chi connectivity index (χ1) is 15.3. The molecule has 0 spiro atoms. The fourth-order valence-corrected chi connectivity index (χ4v) is 4.82. The standard InChI is InChI=1S/C22H25N5O4S/c1-16-11-12-17(14-19(16)25-32(30,31)18-8-4-2-5-9-18)23-21(28)15-27-22(29)26-13-7-3-6-10-20(26)24-27/h2,4-5,8-9,11-12,14,25H,3,6-7,10,13,15H2,1H3,(H,23,28). The Morgan fingerprint density at radius 1 is 1.09 bits per heavy atom. The maximum absolute atomic E-state index is 12.6. The second kappa shape index (κ2) is 8.99. The summed E-state index contributed by atoms with van der Waals surface area (Å²) in [5.41, 5.74) is 1.20. The van der Waals surface area contributed by atoms with Gasteiger partial charge >= 0.3 is 5.69 Å². The molecule has 168 valence electrons. The molecule has 1 aromatic heterocycles. The Balaban J connectivity index is 1.48. The summed E-state index contributed by atoms with van der Waals surface area (Å²) in [5, 5.41) is 7.04. The van der Waals surface area contributed by atoms with Gasteiger partial charge in [-0.25, -0.2) is 17.9 Å². The highest BCUT2D eigenvalue weighted by atomic mass is 32.2. The van der Waals surface area contributed by atoms with Crippen molar-refractivity contribution in [3.8, 4) is 0 Å². The van der Waals surface area contributed by atoms with E-state index in [-0.39, 0.29) is 17.1 Å². The predicted molar refractivity (Wildman–Crippen MR) is 121 cm³/mol. The molecule has 4 rings (SSSR count). The average Bonchev–Trinajstić information content (AvgIpc) is 2.92. The summed E-state index contributed by atoms with van der Waals surface area (Å²) in [6, 6.07) is 13.0. The number of aryl methyl sites for hydroxylation is 2. The largest absolute Gasteiger partial charge is 0.346 e. The van der Waals surface area contributed by atoms with E-state index in [1.807, 2.05) is 0 Å². The molecule has 0 saturated heterocycles. The van der Waals surface area contributed by atoms with E-state index < -0.39 is 15.9 Å². The monoisotopic (exact) mass is 455 g/mol. The van der Waals surface area contributed by atoms with Crippen molar-refractivity contribution in [3.05, 3.63) is 70.4 Å². The number of carbonyl (C=O) groups is 1. The molecule has 0 radical (unpaired) electrons. The van der Waals surface area contributed by atoms with Crippen LogP contribution in [0.15, 0.2) is 58.2 Å². The zero-order valence-corrected chi connectivity index (χ0v) is 18.6. The van der Waals surface area contributed by atoms with Gasteiger partial charge < -0.3 is 5.32 Å². The van der Waals surface area contributed by atoms with Crippen molar-refractivity contribution in [2.24, 2.45) is 0 Å². The van der Waals surface area contributed by atoms with Gasteiger partial charge in [-0.05, 0) is 49.6 Å². The number of sulfonamides is 1. The predicted octanol–water partition coefficient (Wildman–Crippen LogP) is 2.52. The number of nitrogens with one attached hydrogen (secondary N) is 2. The van der Waals surface area contributed by atoms with Crippen molar-refractivity contribution < 1.29 is 13.2 Å². The van der Waals surface area contributed by atoms with E-state index in [0.717, 1.165) is 25.7 Å².